The lowest BCUT2D eigenvalue weighted by Gasteiger charge is -1.96. The number of pyridine rings is 1. The van der Waals surface area contributed by atoms with Gasteiger partial charge in [-0.1, -0.05) is 0 Å². The first kappa shape index (κ1) is 7.40. The van der Waals surface area contributed by atoms with E-state index in [0.717, 1.165) is 0 Å². The Morgan fingerprint density at radius 2 is 2.45 bits per heavy atom. The number of hydrogen-bond donors (Lipinski definition) is 2. The van der Waals surface area contributed by atoms with E-state index in [-0.39, 0.29) is 5.84 Å². The van der Waals surface area contributed by atoms with Crippen molar-refractivity contribution in [2.45, 2.75) is 0 Å². The fourth-order valence-electron chi connectivity index (χ4n) is 0.665. The Kier molecular flexibility index (Phi) is 1.96. The summed E-state index contributed by atoms with van der Waals surface area (Å²) in [7, 11) is 0. The highest BCUT2D eigenvalue weighted by atomic mass is 14.8. The van der Waals surface area contributed by atoms with Gasteiger partial charge >= 0.3 is 0 Å². The van der Waals surface area contributed by atoms with Crippen LogP contribution in [-0.4, -0.2) is 17.5 Å². The van der Waals surface area contributed by atoms with E-state index in [0.29, 0.717) is 11.4 Å². The Morgan fingerprint density at radius 1 is 1.73 bits per heavy atom. The van der Waals surface area contributed by atoms with Crippen molar-refractivity contribution in [2.24, 2.45) is 10.7 Å². The van der Waals surface area contributed by atoms with E-state index in [1.165, 1.54) is 0 Å². The summed E-state index contributed by atoms with van der Waals surface area (Å²) in [6.07, 6.45) is 1.54. The molecule has 0 amide bonds. The first-order valence-corrected chi connectivity index (χ1v) is 3.01. The van der Waals surface area contributed by atoms with E-state index >= 15 is 0 Å². The lowest BCUT2D eigenvalue weighted by Crippen LogP contribution is -2.12. The lowest BCUT2D eigenvalue weighted by molar-refractivity contribution is 1.25. The summed E-state index contributed by atoms with van der Waals surface area (Å²) < 4.78 is 0. The van der Waals surface area contributed by atoms with E-state index < -0.39 is 0 Å². The van der Waals surface area contributed by atoms with Gasteiger partial charge in [-0.05, 0) is 18.9 Å². The third-order valence-corrected chi connectivity index (χ3v) is 1.20. The van der Waals surface area contributed by atoms with E-state index in [1.54, 1.807) is 18.3 Å². The summed E-state index contributed by atoms with van der Waals surface area (Å²) in [5.41, 5.74) is 6.29. The van der Waals surface area contributed by atoms with Crippen LogP contribution in [0.15, 0.2) is 23.3 Å². The molecule has 0 atom stereocenters. The number of nitrogens with zero attached hydrogens (tertiary/aromatic N) is 2. The van der Waals surface area contributed by atoms with Gasteiger partial charge in [-0.15, -0.1) is 0 Å². The molecule has 0 aromatic carbocycles. The summed E-state index contributed by atoms with van der Waals surface area (Å²) in [4.78, 5) is 7.52. The van der Waals surface area contributed by atoms with Gasteiger partial charge in [-0.25, -0.2) is 0 Å². The van der Waals surface area contributed by atoms with Crippen LogP contribution in [-0.2, 0) is 0 Å². The molecule has 0 saturated heterocycles. The third-order valence-electron chi connectivity index (χ3n) is 1.20. The Balaban J connectivity index is 3.10. The molecule has 1 heterocycles. The van der Waals surface area contributed by atoms with Gasteiger partial charge in [-0.2, -0.15) is 0 Å². The van der Waals surface area contributed by atoms with Crippen LogP contribution >= 0.6 is 0 Å². The monoisotopic (exact) mass is 148 g/mol. The molecule has 0 saturated carbocycles. The molecule has 11 heavy (non-hydrogen) atoms. The fraction of sp³-hybridized carbons (Fsp3) is 0. The summed E-state index contributed by atoms with van der Waals surface area (Å²) in [5, 5.41) is 7.06. The summed E-state index contributed by atoms with van der Waals surface area (Å²) in [6.45, 7) is 3.34. The zero-order valence-electron chi connectivity index (χ0n) is 5.91. The predicted octanol–water partition coefficient (Wildman–Crippen LogP) is 0.698. The van der Waals surface area contributed by atoms with Crippen molar-refractivity contribution in [1.29, 1.82) is 5.41 Å². The first-order chi connectivity index (χ1) is 5.24. The Morgan fingerprint density at radius 3 is 3.00 bits per heavy atom. The number of aliphatic imine (C=N–C) groups is 1. The maximum absolute atomic E-state index is 7.06. The molecule has 1 aromatic rings. The molecule has 0 unspecified atom stereocenters. The molecule has 0 bridgehead atoms. The molecule has 1 aromatic heterocycles. The second-order valence-corrected chi connectivity index (χ2v) is 1.97. The van der Waals surface area contributed by atoms with Crippen LogP contribution in [0.1, 0.15) is 5.69 Å². The zero-order valence-corrected chi connectivity index (χ0v) is 5.91. The number of hydrogen-bond acceptors (Lipinski definition) is 3. The van der Waals surface area contributed by atoms with Crippen LogP contribution in [0.5, 0.6) is 0 Å². The Bertz CT molecular complexity index is 292. The zero-order chi connectivity index (χ0) is 8.27. The average molecular weight is 148 g/mol. The molecular weight excluding hydrogens is 140 g/mol. The molecule has 0 fully saturated rings. The van der Waals surface area contributed by atoms with Crippen molar-refractivity contribution in [2.75, 3.05) is 0 Å². The van der Waals surface area contributed by atoms with Gasteiger partial charge in [0, 0.05) is 6.20 Å². The van der Waals surface area contributed by atoms with Crippen LogP contribution in [0.2, 0.25) is 0 Å². The second-order valence-electron chi connectivity index (χ2n) is 1.97. The van der Waals surface area contributed by atoms with Crippen molar-refractivity contribution < 1.29 is 0 Å². The number of rotatable bonds is 2. The number of amidine groups is 1. The van der Waals surface area contributed by atoms with Crippen LogP contribution in [0, 0.1) is 5.41 Å². The fourth-order valence-corrected chi connectivity index (χ4v) is 0.665. The van der Waals surface area contributed by atoms with Gasteiger partial charge in [-0.3, -0.25) is 15.4 Å². The van der Waals surface area contributed by atoms with Crippen LogP contribution in [0.4, 0.5) is 5.69 Å². The molecule has 0 aliphatic carbocycles. The maximum Gasteiger partial charge on any atom is 0.141 e. The minimum atomic E-state index is -0.0597. The normalized spacial score (nSPS) is 9.09. The molecule has 0 spiro atoms. The molecule has 0 aliphatic rings. The van der Waals surface area contributed by atoms with E-state index in [4.69, 9.17) is 11.1 Å². The minimum Gasteiger partial charge on any atom is -0.382 e. The van der Waals surface area contributed by atoms with Crippen LogP contribution < -0.4 is 5.73 Å². The quantitative estimate of drug-likeness (QED) is 0.478. The van der Waals surface area contributed by atoms with Crippen LogP contribution in [0.3, 0.4) is 0 Å². The summed E-state index contributed by atoms with van der Waals surface area (Å²) in [6, 6.07) is 3.30. The molecule has 0 radical (unpaired) electrons. The predicted molar refractivity (Wildman–Crippen MR) is 44.5 cm³/mol. The number of aromatic nitrogens is 1. The number of nitrogens with one attached hydrogen (secondary N) is 1. The van der Waals surface area contributed by atoms with Crippen molar-refractivity contribution in [3.63, 3.8) is 0 Å². The van der Waals surface area contributed by atoms with E-state index in [2.05, 4.69) is 16.7 Å². The molecule has 56 valence electrons. The molecule has 4 nitrogen and oxygen atoms in total. The SMILES string of the molecule is C=Nc1ccnc(C(=N)N)c1. The highest BCUT2D eigenvalue weighted by Gasteiger charge is 1.96. The van der Waals surface area contributed by atoms with Gasteiger partial charge < -0.3 is 5.73 Å². The van der Waals surface area contributed by atoms with Gasteiger partial charge in [0.25, 0.3) is 0 Å². The number of nitrogens with two attached hydrogens (primary N) is 1. The minimum absolute atomic E-state index is 0.0597. The lowest BCUT2D eigenvalue weighted by atomic mass is 10.3. The molecule has 1 rings (SSSR count). The van der Waals surface area contributed by atoms with E-state index in [1.807, 2.05) is 0 Å². The first-order valence-electron chi connectivity index (χ1n) is 3.01. The van der Waals surface area contributed by atoms with Crippen molar-refractivity contribution >= 4 is 18.2 Å². The molecule has 0 aliphatic heterocycles. The largest absolute Gasteiger partial charge is 0.382 e. The summed E-state index contributed by atoms with van der Waals surface area (Å²) in [5.74, 6) is -0.0597. The average Bonchev–Trinajstić information content (AvgIpc) is 2.05. The van der Waals surface area contributed by atoms with Gasteiger partial charge in [0.1, 0.15) is 11.5 Å². The van der Waals surface area contributed by atoms with Gasteiger partial charge in [0.15, 0.2) is 0 Å². The smallest absolute Gasteiger partial charge is 0.141 e. The molecule has 3 N–H and O–H groups in total. The van der Waals surface area contributed by atoms with Gasteiger partial charge in [0.2, 0.25) is 0 Å². The van der Waals surface area contributed by atoms with Crippen LogP contribution in [0.25, 0.3) is 0 Å². The summed E-state index contributed by atoms with van der Waals surface area (Å²) >= 11 is 0. The maximum atomic E-state index is 7.06. The third kappa shape index (κ3) is 1.61. The van der Waals surface area contributed by atoms with Gasteiger partial charge in [0.05, 0.1) is 5.69 Å². The van der Waals surface area contributed by atoms with Crippen molar-refractivity contribution in [3.05, 3.63) is 24.0 Å². The van der Waals surface area contributed by atoms with Crippen molar-refractivity contribution in [3.8, 4) is 0 Å². The molecular formula is C7H8N4. The standard InChI is InChI=1S/C7H8N4/c1-10-5-2-3-11-6(4-5)7(8)9/h2-4H,1H2,(H3,8,9). The molecule has 4 heteroatoms. The highest BCUT2D eigenvalue weighted by molar-refractivity contribution is 5.93. The Hall–Kier alpha value is -1.71. The topological polar surface area (TPSA) is 75.1 Å². The van der Waals surface area contributed by atoms with Crippen molar-refractivity contribution in [1.82, 2.24) is 4.98 Å². The number of nitrogen functional groups attached to an aromatic ring is 1. The Labute approximate surface area is 64.3 Å². The second kappa shape index (κ2) is 2.92. The van der Waals surface area contributed by atoms with E-state index in [9.17, 15) is 0 Å². The highest BCUT2D eigenvalue weighted by Crippen LogP contribution is 2.09.